The Hall–Kier alpha value is -4.27. The minimum Gasteiger partial charge on any atom is -0.466 e. The second kappa shape index (κ2) is 25.1. The van der Waals surface area contributed by atoms with Gasteiger partial charge in [0.1, 0.15) is 0 Å². The maximum absolute atomic E-state index is 13.8. The molecule has 0 amide bonds. The quantitative estimate of drug-likeness (QED) is 0.0407. The van der Waals surface area contributed by atoms with Gasteiger partial charge in [0.2, 0.25) is 0 Å². The molecule has 0 N–H and O–H groups in total. The largest absolute Gasteiger partial charge is 0.466 e. The van der Waals surface area contributed by atoms with Crippen LogP contribution in [-0.4, -0.2) is 64.8 Å². The van der Waals surface area contributed by atoms with Gasteiger partial charge in [-0.3, -0.25) is 24.1 Å². The standard InChI is InChI=1S/C29H45NO6S.C19H27NO4S/c1-9-35-25(31)27(4,5)19-11-13-21-29(30-8,37(33,34)24-17-15-23(3)16-18-24)22-14-12-20-28(6,7)26(32)36-10-2;1-6-24-18(21)19(3,4)14-8-7-9-17(20-5)25(22,23)16-12-10-15(2)11-13-16/h15-18H,9-14,19-22H2,1-7H3;10-13,17H,6-9,14H2,1-4H3. The van der Waals surface area contributed by atoms with E-state index in [1.807, 2.05) is 55.4 Å². The molecule has 0 aliphatic carbocycles. The van der Waals surface area contributed by atoms with Crippen LogP contribution in [0.25, 0.3) is 9.69 Å². The smallest absolute Gasteiger partial charge is 0.333 e. The van der Waals surface area contributed by atoms with Gasteiger partial charge >= 0.3 is 28.2 Å². The highest BCUT2D eigenvalue weighted by atomic mass is 32.2. The van der Waals surface area contributed by atoms with Gasteiger partial charge < -0.3 is 14.2 Å². The summed E-state index contributed by atoms with van der Waals surface area (Å²) in [5, 5.41) is -1.08. The van der Waals surface area contributed by atoms with Crippen molar-refractivity contribution in [3.8, 4) is 0 Å². The normalized spacial score (nSPS) is 12.8. The molecule has 0 aliphatic heterocycles. The fourth-order valence-corrected chi connectivity index (χ4v) is 10.1. The molecule has 0 spiro atoms. The molecule has 14 heteroatoms. The lowest BCUT2D eigenvalue weighted by Gasteiger charge is -2.25. The number of sulfone groups is 2. The third-order valence-corrected chi connectivity index (χ3v) is 15.5. The van der Waals surface area contributed by atoms with Crippen molar-refractivity contribution in [1.29, 1.82) is 0 Å². The molecule has 0 saturated heterocycles. The number of esters is 3. The number of carbonyl (C=O) groups is 3. The first-order chi connectivity index (χ1) is 28.8. The lowest BCUT2D eigenvalue weighted by atomic mass is 9.85. The third-order valence-electron chi connectivity index (χ3n) is 11.1. The van der Waals surface area contributed by atoms with Gasteiger partial charge in [-0.05, 0) is 139 Å². The molecule has 0 saturated carbocycles. The highest BCUT2D eigenvalue weighted by molar-refractivity contribution is 7.93. The minimum absolute atomic E-state index is 0.146. The molecule has 0 aliphatic rings. The summed E-state index contributed by atoms with van der Waals surface area (Å²) in [6, 6.07) is 13.2. The molecule has 1 atom stereocenters. The first kappa shape index (κ1) is 55.7. The Morgan fingerprint density at radius 1 is 0.548 bits per heavy atom. The summed E-state index contributed by atoms with van der Waals surface area (Å²) in [6.07, 6.45) is 5.71. The van der Waals surface area contributed by atoms with Gasteiger partial charge in [0, 0.05) is 19.3 Å². The van der Waals surface area contributed by atoms with Crippen LogP contribution in [0.4, 0.5) is 0 Å². The zero-order valence-corrected chi connectivity index (χ0v) is 40.7. The van der Waals surface area contributed by atoms with Crippen LogP contribution in [0.2, 0.25) is 0 Å². The summed E-state index contributed by atoms with van der Waals surface area (Å²) in [6.45, 7) is 36.2. The number of ether oxygens (including phenoxy) is 3. The second-order valence-electron chi connectivity index (χ2n) is 17.8. The summed E-state index contributed by atoms with van der Waals surface area (Å²) in [7, 11) is -7.60. The Bertz CT molecular complexity index is 2000. The van der Waals surface area contributed by atoms with Crippen molar-refractivity contribution in [2.75, 3.05) is 19.8 Å². The zero-order chi connectivity index (χ0) is 47.4. The van der Waals surface area contributed by atoms with E-state index in [0.717, 1.165) is 11.1 Å². The minimum atomic E-state index is -3.95. The van der Waals surface area contributed by atoms with E-state index in [1.54, 1.807) is 69.3 Å². The number of hydrogen-bond donors (Lipinski definition) is 0. The maximum atomic E-state index is 13.8. The van der Waals surface area contributed by atoms with E-state index in [0.29, 0.717) is 77.6 Å². The molecule has 2 rings (SSSR count). The molecular formula is C48H72N2O10S2. The molecule has 12 nitrogen and oxygen atoms in total. The average molecular weight is 901 g/mol. The van der Waals surface area contributed by atoms with Crippen LogP contribution in [0.15, 0.2) is 58.3 Å². The molecular weight excluding hydrogens is 829 g/mol. The van der Waals surface area contributed by atoms with Gasteiger partial charge in [0.15, 0.2) is 0 Å². The van der Waals surface area contributed by atoms with Crippen LogP contribution in [0, 0.1) is 43.2 Å². The highest BCUT2D eigenvalue weighted by Crippen LogP contribution is 2.39. The van der Waals surface area contributed by atoms with Crippen LogP contribution in [-0.2, 0) is 48.3 Å². The van der Waals surface area contributed by atoms with Crippen molar-refractivity contribution in [1.82, 2.24) is 0 Å². The second-order valence-corrected chi connectivity index (χ2v) is 22.1. The molecule has 0 aromatic heterocycles. The van der Waals surface area contributed by atoms with E-state index in [1.165, 1.54) is 0 Å². The van der Waals surface area contributed by atoms with E-state index in [-0.39, 0.29) is 47.0 Å². The fourth-order valence-electron chi connectivity index (χ4n) is 6.78. The average Bonchev–Trinajstić information content (AvgIpc) is 3.21. The fraction of sp³-hybridized carbons (Fsp3) is 0.646. The molecule has 2 aromatic carbocycles. The van der Waals surface area contributed by atoms with Crippen LogP contribution in [0.1, 0.15) is 150 Å². The van der Waals surface area contributed by atoms with E-state index < -0.39 is 46.2 Å². The highest BCUT2D eigenvalue weighted by Gasteiger charge is 2.50. The molecule has 2 aromatic rings. The Kier molecular flexibility index (Phi) is 22.6. The summed E-state index contributed by atoms with van der Waals surface area (Å²) < 4.78 is 68.1. The summed E-state index contributed by atoms with van der Waals surface area (Å²) in [4.78, 5) is 42.1. The van der Waals surface area contributed by atoms with Crippen LogP contribution >= 0.6 is 0 Å². The Morgan fingerprint density at radius 2 is 0.871 bits per heavy atom. The lowest BCUT2D eigenvalue weighted by Crippen LogP contribution is -2.36. The Morgan fingerprint density at radius 3 is 1.19 bits per heavy atom. The monoisotopic (exact) mass is 900 g/mol. The third kappa shape index (κ3) is 16.5. The van der Waals surface area contributed by atoms with Gasteiger partial charge in [0.25, 0.3) is 19.7 Å². The van der Waals surface area contributed by atoms with E-state index in [4.69, 9.17) is 27.4 Å². The van der Waals surface area contributed by atoms with Crippen molar-refractivity contribution in [2.24, 2.45) is 16.2 Å². The van der Waals surface area contributed by atoms with Crippen molar-refractivity contribution >= 4 is 37.6 Å². The van der Waals surface area contributed by atoms with Crippen molar-refractivity contribution in [3.63, 3.8) is 0 Å². The number of unbranched alkanes of at least 4 members (excludes halogenated alkanes) is 3. The summed E-state index contributed by atoms with van der Waals surface area (Å²) >= 11 is 0. The molecule has 0 bridgehead atoms. The first-order valence-corrected chi connectivity index (χ1v) is 24.8. The molecule has 1 unspecified atom stereocenters. The maximum Gasteiger partial charge on any atom is 0.333 e. The van der Waals surface area contributed by atoms with Gasteiger partial charge in [-0.25, -0.2) is 30.0 Å². The predicted molar refractivity (Wildman–Crippen MR) is 243 cm³/mol. The molecule has 62 heavy (non-hydrogen) atoms. The van der Waals surface area contributed by atoms with Gasteiger partial charge in [-0.15, -0.1) is 0 Å². The number of aryl methyl sites for hydroxylation is 2. The SMILES string of the molecule is [C-]#[N+]C(CCCCC(C)(C)C(=O)OCC)(CCCCC(C)(C)C(=O)OCC)S(=O)(=O)c1ccc(C)cc1.[C-]#[N+]C(CCCCC(C)(C)C(=O)OCC)S(=O)(=O)c1ccc(C)cc1. The van der Waals surface area contributed by atoms with Gasteiger partial charge in [-0.1, -0.05) is 54.7 Å². The van der Waals surface area contributed by atoms with Crippen molar-refractivity contribution in [3.05, 3.63) is 82.5 Å². The first-order valence-electron chi connectivity index (χ1n) is 21.7. The number of hydrogen-bond acceptors (Lipinski definition) is 10. The van der Waals surface area contributed by atoms with E-state index in [2.05, 4.69) is 9.69 Å². The van der Waals surface area contributed by atoms with E-state index >= 15 is 0 Å². The van der Waals surface area contributed by atoms with Crippen LogP contribution in [0.5, 0.6) is 0 Å². The molecule has 0 fully saturated rings. The van der Waals surface area contributed by atoms with Gasteiger partial charge in [-0.2, -0.15) is 0 Å². The zero-order valence-electron chi connectivity index (χ0n) is 39.1. The number of carbonyl (C=O) groups excluding carboxylic acids is 3. The lowest BCUT2D eigenvalue weighted by molar-refractivity contribution is -0.154. The predicted octanol–water partition coefficient (Wildman–Crippen LogP) is 10.8. The van der Waals surface area contributed by atoms with Crippen molar-refractivity contribution < 1.29 is 45.4 Å². The number of nitrogens with zero attached hydrogens (tertiary/aromatic N) is 2. The Labute approximate surface area is 373 Å². The number of benzene rings is 2. The topological polar surface area (TPSA) is 156 Å². The molecule has 346 valence electrons. The molecule has 0 heterocycles. The van der Waals surface area contributed by atoms with Gasteiger partial charge in [0.05, 0.1) is 45.9 Å². The number of rotatable bonds is 25. The Balaban J connectivity index is 0.000000668. The summed E-state index contributed by atoms with van der Waals surface area (Å²) in [5.74, 6) is -0.796. The van der Waals surface area contributed by atoms with Crippen LogP contribution in [0.3, 0.4) is 0 Å². The van der Waals surface area contributed by atoms with Crippen LogP contribution < -0.4 is 0 Å². The summed E-state index contributed by atoms with van der Waals surface area (Å²) in [5.41, 5.74) is -0.0370. The van der Waals surface area contributed by atoms with Crippen molar-refractivity contribution in [2.45, 2.75) is 173 Å². The van der Waals surface area contributed by atoms with E-state index in [9.17, 15) is 31.2 Å². The molecule has 0 radical (unpaired) electrons.